The van der Waals surface area contributed by atoms with E-state index >= 15 is 0 Å². The van der Waals surface area contributed by atoms with Crippen molar-refractivity contribution in [3.05, 3.63) is 60.7 Å². The Morgan fingerprint density at radius 2 is 0.933 bits per heavy atom. The molecule has 4 N–H and O–H groups in total. The van der Waals surface area contributed by atoms with Gasteiger partial charge in [0, 0.05) is 24.3 Å². The van der Waals surface area contributed by atoms with Gasteiger partial charge in [0.05, 0.1) is 0 Å². The number of benzene rings is 2. The van der Waals surface area contributed by atoms with Crippen LogP contribution in [0.25, 0.3) is 0 Å². The normalized spacial score (nSPS) is 11.3. The van der Waals surface area contributed by atoms with Crippen LogP contribution in [0.4, 0.5) is 11.4 Å². The molecule has 0 fully saturated rings. The zero-order valence-electron chi connectivity index (χ0n) is 8.38. The molecule has 0 atom stereocenters. The Morgan fingerprint density at radius 3 is 1.27 bits per heavy atom. The second-order valence-electron chi connectivity index (χ2n) is 3.45. The molecular formula is C12H14N3+. The van der Waals surface area contributed by atoms with Gasteiger partial charge >= 0.3 is 0 Å². The van der Waals surface area contributed by atoms with Crippen LogP contribution in [-0.2, 0) is 0 Å². The summed E-state index contributed by atoms with van der Waals surface area (Å²) in [4.78, 5) is 0. The lowest BCUT2D eigenvalue weighted by Gasteiger charge is -2.25. The Balaban J connectivity index is 2.44. The summed E-state index contributed by atoms with van der Waals surface area (Å²) in [6.07, 6.45) is 0. The van der Waals surface area contributed by atoms with Crippen molar-refractivity contribution in [1.82, 2.24) is 4.70 Å². The number of quaternary nitrogens is 1. The highest BCUT2D eigenvalue weighted by atomic mass is 15.8. The highest BCUT2D eigenvalue weighted by Gasteiger charge is 2.24. The number of rotatable bonds is 2. The summed E-state index contributed by atoms with van der Waals surface area (Å²) < 4.78 is -0.221. The minimum atomic E-state index is -0.221. The molecule has 0 aliphatic heterocycles. The largest absolute Gasteiger partial charge is 0.176 e. The molecule has 76 valence electrons. The van der Waals surface area contributed by atoms with Gasteiger partial charge in [0.2, 0.25) is 0 Å². The minimum Gasteiger partial charge on any atom is -0.151 e. The SMILES string of the molecule is N[N+](N)(c1ccccc1)c1ccccc1. The summed E-state index contributed by atoms with van der Waals surface area (Å²) in [6.45, 7) is 0. The molecular weight excluding hydrogens is 186 g/mol. The van der Waals surface area contributed by atoms with E-state index in [9.17, 15) is 0 Å². The van der Waals surface area contributed by atoms with Gasteiger partial charge in [0.15, 0.2) is 11.4 Å². The lowest BCUT2D eigenvalue weighted by Crippen LogP contribution is -2.57. The van der Waals surface area contributed by atoms with Gasteiger partial charge in [-0.05, 0) is 0 Å². The quantitative estimate of drug-likeness (QED) is 0.443. The van der Waals surface area contributed by atoms with E-state index in [4.69, 9.17) is 11.7 Å². The van der Waals surface area contributed by atoms with E-state index in [1.54, 1.807) is 0 Å². The second kappa shape index (κ2) is 3.82. The predicted molar refractivity (Wildman–Crippen MR) is 62.7 cm³/mol. The topological polar surface area (TPSA) is 52.0 Å². The molecule has 3 nitrogen and oxygen atoms in total. The van der Waals surface area contributed by atoms with Crippen molar-refractivity contribution >= 4 is 11.4 Å². The molecule has 0 radical (unpaired) electrons. The van der Waals surface area contributed by atoms with Gasteiger partial charge in [0.1, 0.15) is 0 Å². The molecule has 2 aromatic rings. The maximum absolute atomic E-state index is 6.07. The molecule has 0 aromatic heterocycles. The van der Waals surface area contributed by atoms with Crippen LogP contribution in [0, 0.1) is 0 Å². The third kappa shape index (κ3) is 1.89. The van der Waals surface area contributed by atoms with Crippen LogP contribution in [0.3, 0.4) is 0 Å². The number of nitrogens with two attached hydrogens (primary N) is 2. The lowest BCUT2D eigenvalue weighted by molar-refractivity contribution is 0.417. The van der Waals surface area contributed by atoms with Crippen LogP contribution >= 0.6 is 0 Å². The fourth-order valence-corrected chi connectivity index (χ4v) is 1.50. The first kappa shape index (κ1) is 9.86. The maximum Gasteiger partial charge on any atom is 0.176 e. The van der Waals surface area contributed by atoms with Gasteiger partial charge in [-0.15, -0.1) is 4.70 Å². The Hall–Kier alpha value is -1.68. The predicted octanol–water partition coefficient (Wildman–Crippen LogP) is 2.07. The third-order valence-electron chi connectivity index (χ3n) is 2.37. The van der Waals surface area contributed by atoms with Crippen LogP contribution in [0.5, 0.6) is 0 Å². The molecule has 0 saturated heterocycles. The molecule has 0 heterocycles. The third-order valence-corrected chi connectivity index (χ3v) is 2.37. The molecule has 0 unspecified atom stereocenters. The van der Waals surface area contributed by atoms with E-state index < -0.39 is 0 Å². The summed E-state index contributed by atoms with van der Waals surface area (Å²) in [5, 5.41) is 0. The fourth-order valence-electron chi connectivity index (χ4n) is 1.50. The van der Waals surface area contributed by atoms with Crippen molar-refractivity contribution in [3.8, 4) is 0 Å². The molecule has 0 bridgehead atoms. The van der Waals surface area contributed by atoms with Crippen molar-refractivity contribution in [2.45, 2.75) is 0 Å². The zero-order chi connectivity index (χ0) is 10.7. The zero-order valence-corrected chi connectivity index (χ0v) is 8.38. The number of para-hydroxylation sites is 2. The van der Waals surface area contributed by atoms with Crippen LogP contribution in [0.1, 0.15) is 0 Å². The number of hydrogen-bond donors (Lipinski definition) is 2. The minimum absolute atomic E-state index is 0.221. The first-order chi connectivity index (χ1) is 7.21. The Kier molecular flexibility index (Phi) is 2.51. The van der Waals surface area contributed by atoms with Crippen LogP contribution in [0.2, 0.25) is 0 Å². The average molecular weight is 200 g/mol. The second-order valence-corrected chi connectivity index (χ2v) is 3.45. The molecule has 2 aromatic carbocycles. The first-order valence-corrected chi connectivity index (χ1v) is 4.78. The summed E-state index contributed by atoms with van der Waals surface area (Å²) in [5.41, 5.74) is 1.70. The van der Waals surface area contributed by atoms with E-state index in [0.717, 1.165) is 11.4 Å². The first-order valence-electron chi connectivity index (χ1n) is 4.78. The molecule has 0 spiro atoms. The Bertz CT molecular complexity index is 382. The van der Waals surface area contributed by atoms with E-state index in [1.807, 2.05) is 60.7 Å². The highest BCUT2D eigenvalue weighted by molar-refractivity contribution is 5.55. The summed E-state index contributed by atoms with van der Waals surface area (Å²) in [5.74, 6) is 12.1. The van der Waals surface area contributed by atoms with Crippen LogP contribution in [0.15, 0.2) is 60.7 Å². The fraction of sp³-hybridized carbons (Fsp3) is 0. The molecule has 0 aliphatic carbocycles. The van der Waals surface area contributed by atoms with Gasteiger partial charge in [-0.3, -0.25) is 0 Å². The van der Waals surface area contributed by atoms with Crippen molar-refractivity contribution in [2.75, 3.05) is 0 Å². The van der Waals surface area contributed by atoms with E-state index in [-0.39, 0.29) is 4.70 Å². The monoisotopic (exact) mass is 200 g/mol. The van der Waals surface area contributed by atoms with Gasteiger partial charge in [-0.25, -0.2) is 0 Å². The summed E-state index contributed by atoms with van der Waals surface area (Å²) in [6, 6.07) is 19.2. The average Bonchev–Trinajstić information content (AvgIpc) is 2.31. The highest BCUT2D eigenvalue weighted by Crippen LogP contribution is 2.25. The molecule has 0 aliphatic rings. The smallest absolute Gasteiger partial charge is 0.151 e. The Labute approximate surface area is 89.1 Å². The van der Waals surface area contributed by atoms with Crippen LogP contribution < -0.4 is 16.4 Å². The Morgan fingerprint density at radius 1 is 0.600 bits per heavy atom. The van der Waals surface area contributed by atoms with Gasteiger partial charge in [-0.2, -0.15) is 11.7 Å². The standard InChI is InChI=1S/C12H14N3/c13-15(14,11-7-3-1-4-8-11)12-9-5-2-6-10-12/h1-10H,13-14H2/q+1. The van der Waals surface area contributed by atoms with Crippen molar-refractivity contribution in [1.29, 1.82) is 0 Å². The molecule has 3 heteroatoms. The maximum atomic E-state index is 6.07. The summed E-state index contributed by atoms with van der Waals surface area (Å²) >= 11 is 0. The van der Waals surface area contributed by atoms with Gasteiger partial charge in [-0.1, -0.05) is 36.4 Å². The van der Waals surface area contributed by atoms with Crippen molar-refractivity contribution in [3.63, 3.8) is 0 Å². The molecule has 0 amide bonds. The van der Waals surface area contributed by atoms with E-state index in [0.29, 0.717) is 0 Å². The van der Waals surface area contributed by atoms with E-state index in [2.05, 4.69) is 0 Å². The lowest BCUT2D eigenvalue weighted by atomic mass is 10.2. The molecule has 2 rings (SSSR count). The molecule has 15 heavy (non-hydrogen) atoms. The van der Waals surface area contributed by atoms with Gasteiger partial charge < -0.3 is 0 Å². The summed E-state index contributed by atoms with van der Waals surface area (Å²) in [7, 11) is 0. The van der Waals surface area contributed by atoms with Crippen LogP contribution in [-0.4, -0.2) is 0 Å². The number of nitrogens with zero attached hydrogens (tertiary/aromatic N) is 1. The van der Waals surface area contributed by atoms with Gasteiger partial charge in [0.25, 0.3) is 0 Å². The van der Waals surface area contributed by atoms with E-state index in [1.165, 1.54) is 0 Å². The van der Waals surface area contributed by atoms with Crippen molar-refractivity contribution in [2.24, 2.45) is 11.7 Å². The molecule has 0 saturated carbocycles. The van der Waals surface area contributed by atoms with Crippen molar-refractivity contribution < 1.29 is 0 Å². The number of hydrogen-bond acceptors (Lipinski definition) is 2.